The molecule has 0 saturated carbocycles. The summed E-state index contributed by atoms with van der Waals surface area (Å²) < 4.78 is 9.61. The van der Waals surface area contributed by atoms with Gasteiger partial charge in [-0.1, -0.05) is 60.7 Å². The molecular formula is C32H36N12O5. The van der Waals surface area contributed by atoms with Crippen molar-refractivity contribution in [2.24, 2.45) is 14.1 Å². The lowest BCUT2D eigenvalue weighted by atomic mass is 9.91. The van der Waals surface area contributed by atoms with Gasteiger partial charge in [-0.2, -0.15) is 14.8 Å². The average Bonchev–Trinajstić information content (AvgIpc) is 3.90. The Bertz CT molecular complexity index is 1930. The van der Waals surface area contributed by atoms with Crippen molar-refractivity contribution in [2.75, 3.05) is 23.7 Å². The van der Waals surface area contributed by atoms with Gasteiger partial charge in [-0.3, -0.25) is 9.36 Å². The highest BCUT2D eigenvalue weighted by Gasteiger charge is 2.47. The number of aliphatic hydroxyl groups excluding tert-OH is 2. The molecule has 0 spiro atoms. The van der Waals surface area contributed by atoms with Crippen molar-refractivity contribution in [3.8, 4) is 0 Å². The van der Waals surface area contributed by atoms with E-state index in [1.807, 2.05) is 54.2 Å². The first kappa shape index (κ1) is 33.1. The normalized spacial score (nSPS) is 18.7. The fourth-order valence-electron chi connectivity index (χ4n) is 5.72. The van der Waals surface area contributed by atoms with Crippen molar-refractivity contribution in [3.05, 3.63) is 102 Å². The second-order valence-corrected chi connectivity index (χ2v) is 11.4. The molecule has 254 valence electrons. The Labute approximate surface area is 280 Å². The zero-order chi connectivity index (χ0) is 34.3. The van der Waals surface area contributed by atoms with E-state index in [1.165, 1.54) is 11.1 Å². The minimum atomic E-state index is -1.31. The summed E-state index contributed by atoms with van der Waals surface area (Å²) in [7, 11) is 3.54. The van der Waals surface area contributed by atoms with E-state index in [4.69, 9.17) is 24.6 Å². The van der Waals surface area contributed by atoms with E-state index in [9.17, 15) is 10.2 Å². The van der Waals surface area contributed by atoms with E-state index in [1.54, 1.807) is 17.9 Å². The molecule has 5 N–H and O–H groups in total. The lowest BCUT2D eigenvalue weighted by Crippen LogP contribution is -2.29. The number of aryl methyl sites for hydroxylation is 2. The number of nitrogens with one attached hydrogen (secondary N) is 2. The number of anilines is 2. The summed E-state index contributed by atoms with van der Waals surface area (Å²) >= 11 is 0. The quantitative estimate of drug-likeness (QED) is 0.124. The number of tetrazole rings is 1. The molecular weight excluding hydrogens is 632 g/mol. The van der Waals surface area contributed by atoms with Crippen LogP contribution in [0.1, 0.15) is 40.9 Å². The van der Waals surface area contributed by atoms with Crippen LogP contribution in [-0.4, -0.2) is 96.4 Å². The van der Waals surface area contributed by atoms with Crippen LogP contribution in [-0.2, 0) is 30.0 Å². The molecule has 0 unspecified atom stereocenters. The van der Waals surface area contributed by atoms with Gasteiger partial charge in [0, 0.05) is 38.7 Å². The minimum Gasteiger partial charge on any atom is -0.483 e. The number of carboxylic acid groups (broad SMARTS) is 1. The van der Waals surface area contributed by atoms with E-state index in [0.29, 0.717) is 42.4 Å². The highest BCUT2D eigenvalue weighted by atomic mass is 16.6. The molecule has 5 heterocycles. The number of nitrogens with zero attached hydrogens (tertiary/aromatic N) is 10. The van der Waals surface area contributed by atoms with Crippen molar-refractivity contribution >= 4 is 29.4 Å². The summed E-state index contributed by atoms with van der Waals surface area (Å²) in [5.74, 6) is 1.08. The number of aromatic nitrogens is 10. The molecule has 0 radical (unpaired) electrons. The topological polar surface area (TPSA) is 216 Å². The molecule has 6 aromatic rings. The molecule has 0 bridgehead atoms. The van der Waals surface area contributed by atoms with Gasteiger partial charge in [-0.25, -0.2) is 9.97 Å². The zero-order valence-corrected chi connectivity index (χ0v) is 26.7. The number of benzene rings is 2. The van der Waals surface area contributed by atoms with E-state index < -0.39 is 24.5 Å². The average molecular weight is 669 g/mol. The SMILES string of the molecule is Cn1cnc(CCNc2nc(NCC(c3ccccc3)c3ccccc3)c3ncn([C@@H]4O[C@H](c5nnn(C)n5)[C@@H](O)[C@H]4O)c3n2)c1.O=CO. The number of imidazole rings is 2. The molecule has 1 saturated heterocycles. The maximum atomic E-state index is 11.1. The van der Waals surface area contributed by atoms with Crippen LogP contribution < -0.4 is 10.6 Å². The first-order chi connectivity index (χ1) is 23.9. The van der Waals surface area contributed by atoms with E-state index in [-0.39, 0.29) is 18.2 Å². The van der Waals surface area contributed by atoms with Crippen LogP contribution in [0.5, 0.6) is 0 Å². The van der Waals surface area contributed by atoms with Crippen LogP contribution in [0.25, 0.3) is 11.2 Å². The summed E-state index contributed by atoms with van der Waals surface area (Å²) in [5.41, 5.74) is 4.16. The standard InChI is InChI=1S/C31H34N12O3.CH2O2/c1-41-16-21(34-17-41)13-14-32-31-36-27(33-15-22(19-9-5-3-6-10-19)20-11-7-4-8-12-20)23-29(37-31)43(18-35-23)30-25(45)24(44)26(46-30)28-38-40-42(2)39-28;2-1-3/h3-12,16-18,22,24-26,30,44-45H,13-15H2,1-2H3,(H2,32,33,36,37);1H,(H,2,3)/t24-,25+,26-,30+;/m0./s1. The summed E-state index contributed by atoms with van der Waals surface area (Å²) in [6.07, 6.45) is 1.32. The van der Waals surface area contributed by atoms with Gasteiger partial charge in [0.15, 0.2) is 29.3 Å². The van der Waals surface area contributed by atoms with Gasteiger partial charge >= 0.3 is 0 Å². The molecule has 0 amide bonds. The molecule has 49 heavy (non-hydrogen) atoms. The molecule has 1 aliphatic heterocycles. The Morgan fingerprint density at radius 3 is 2.24 bits per heavy atom. The van der Waals surface area contributed by atoms with Gasteiger partial charge in [-0.15, -0.1) is 10.2 Å². The van der Waals surface area contributed by atoms with Gasteiger partial charge in [0.05, 0.1) is 25.4 Å². The molecule has 17 heteroatoms. The minimum absolute atomic E-state index is 0.0328. The molecule has 1 aliphatic rings. The fraction of sp³-hybridized carbons (Fsp3) is 0.312. The number of carbonyl (C=O) groups is 1. The molecule has 1 fully saturated rings. The predicted molar refractivity (Wildman–Crippen MR) is 176 cm³/mol. The molecule has 7 rings (SSSR count). The maximum absolute atomic E-state index is 11.1. The third-order valence-corrected chi connectivity index (χ3v) is 8.01. The lowest BCUT2D eigenvalue weighted by molar-refractivity contribution is -0.122. The van der Waals surface area contributed by atoms with Crippen molar-refractivity contribution in [2.45, 2.75) is 36.9 Å². The van der Waals surface area contributed by atoms with E-state index in [0.717, 1.165) is 16.8 Å². The van der Waals surface area contributed by atoms with Gasteiger partial charge < -0.3 is 35.3 Å². The smallest absolute Gasteiger partial charge is 0.290 e. The fourth-order valence-corrected chi connectivity index (χ4v) is 5.72. The zero-order valence-electron chi connectivity index (χ0n) is 26.7. The van der Waals surface area contributed by atoms with Gasteiger partial charge in [0.2, 0.25) is 11.8 Å². The van der Waals surface area contributed by atoms with Crippen LogP contribution in [0.15, 0.2) is 79.5 Å². The first-order valence-electron chi connectivity index (χ1n) is 15.5. The van der Waals surface area contributed by atoms with Crippen LogP contribution in [0.3, 0.4) is 0 Å². The summed E-state index contributed by atoms with van der Waals surface area (Å²) in [5, 5.41) is 47.6. The predicted octanol–water partition coefficient (Wildman–Crippen LogP) is 1.67. The molecule has 17 nitrogen and oxygen atoms in total. The Hall–Kier alpha value is -5.78. The number of ether oxygens (including phenoxy) is 1. The molecule has 4 aromatic heterocycles. The highest BCUT2D eigenvalue weighted by Crippen LogP contribution is 2.39. The van der Waals surface area contributed by atoms with Gasteiger partial charge in [0.1, 0.15) is 12.2 Å². The highest BCUT2D eigenvalue weighted by molar-refractivity contribution is 5.84. The van der Waals surface area contributed by atoms with Crippen molar-refractivity contribution in [3.63, 3.8) is 0 Å². The third-order valence-electron chi connectivity index (χ3n) is 8.01. The second-order valence-electron chi connectivity index (χ2n) is 11.4. The molecule has 4 atom stereocenters. The van der Waals surface area contributed by atoms with Crippen molar-refractivity contribution in [1.82, 2.24) is 49.3 Å². The van der Waals surface area contributed by atoms with E-state index in [2.05, 4.69) is 60.3 Å². The second kappa shape index (κ2) is 15.0. The van der Waals surface area contributed by atoms with Crippen LogP contribution in [0.4, 0.5) is 11.8 Å². The summed E-state index contributed by atoms with van der Waals surface area (Å²) in [4.78, 5) is 28.3. The van der Waals surface area contributed by atoms with Gasteiger partial charge in [-0.05, 0) is 16.3 Å². The van der Waals surface area contributed by atoms with Crippen LogP contribution >= 0.6 is 0 Å². The monoisotopic (exact) mass is 668 g/mol. The number of hydrogen-bond acceptors (Lipinski definition) is 13. The number of aliphatic hydroxyl groups is 2. The van der Waals surface area contributed by atoms with Crippen molar-refractivity contribution < 1.29 is 24.9 Å². The lowest BCUT2D eigenvalue weighted by Gasteiger charge is -2.20. The van der Waals surface area contributed by atoms with E-state index >= 15 is 0 Å². The Morgan fingerprint density at radius 1 is 0.939 bits per heavy atom. The third kappa shape index (κ3) is 7.38. The van der Waals surface area contributed by atoms with Crippen molar-refractivity contribution in [1.29, 1.82) is 0 Å². The Balaban J connectivity index is 0.00000134. The van der Waals surface area contributed by atoms with Crippen LogP contribution in [0, 0.1) is 0 Å². The largest absolute Gasteiger partial charge is 0.483 e. The summed E-state index contributed by atoms with van der Waals surface area (Å²) in [6, 6.07) is 20.6. The number of fused-ring (bicyclic) bond motifs is 1. The molecule has 2 aromatic carbocycles. The Kier molecular flexibility index (Phi) is 10.1. The summed E-state index contributed by atoms with van der Waals surface area (Å²) in [6.45, 7) is 0.816. The Morgan fingerprint density at radius 2 is 1.63 bits per heavy atom. The van der Waals surface area contributed by atoms with Gasteiger partial charge in [0.25, 0.3) is 6.47 Å². The first-order valence-corrected chi connectivity index (χ1v) is 15.5. The molecule has 0 aliphatic carbocycles. The maximum Gasteiger partial charge on any atom is 0.290 e. The number of hydrogen-bond donors (Lipinski definition) is 5. The number of rotatable bonds is 11. The van der Waals surface area contributed by atoms with Crippen LogP contribution in [0.2, 0.25) is 0 Å².